The number of nitriles is 1. The minimum atomic E-state index is -0.184. The third kappa shape index (κ3) is 2.84. The van der Waals surface area contributed by atoms with Gasteiger partial charge in [-0.3, -0.25) is 4.79 Å². The molecule has 1 atom stereocenters. The Labute approximate surface area is 170 Å². The first-order valence-electron chi connectivity index (χ1n) is 9.93. The monoisotopic (exact) mass is 379 g/mol. The summed E-state index contributed by atoms with van der Waals surface area (Å²) in [6.07, 6.45) is 1.26. The van der Waals surface area contributed by atoms with E-state index >= 15 is 0 Å². The van der Waals surface area contributed by atoms with Crippen LogP contribution in [-0.4, -0.2) is 5.78 Å². The molecule has 0 saturated carbocycles. The van der Waals surface area contributed by atoms with Gasteiger partial charge in [-0.2, -0.15) is 5.26 Å². The smallest absolute Gasteiger partial charge is 0.163 e. The molecule has 0 fully saturated rings. The zero-order valence-corrected chi connectivity index (χ0v) is 16.5. The maximum Gasteiger partial charge on any atom is 0.163 e. The maximum absolute atomic E-state index is 13.3. The molecule has 1 aliphatic carbocycles. The van der Waals surface area contributed by atoms with Gasteiger partial charge in [0.2, 0.25) is 0 Å². The molecule has 0 saturated heterocycles. The number of Topliss-reactive ketones (excluding diaryl/α,β-unsaturated/α-hetero) is 1. The highest BCUT2D eigenvalue weighted by Gasteiger charge is 2.42. The minimum Gasteiger partial charge on any atom is -0.461 e. The average molecular weight is 379 g/mol. The second-order valence-corrected chi connectivity index (χ2v) is 8.75. The van der Waals surface area contributed by atoms with Crippen LogP contribution in [-0.2, 0) is 4.79 Å². The SMILES string of the molecule is CC1(C)CC(=O)C2=C(C1)Oc1ccc3ccccc3c1C2c1ccc(C#N)cc1. The standard InChI is InChI=1S/C26H21NO2/c1-26(2)13-20(28)25-22(14-26)29-21-12-11-17-5-3-4-6-19(17)24(21)23(25)18-9-7-16(15-27)8-10-18/h3-12,23H,13-14H2,1-2H3. The van der Waals surface area contributed by atoms with Gasteiger partial charge in [0.05, 0.1) is 11.6 Å². The Balaban J connectivity index is 1.80. The van der Waals surface area contributed by atoms with Crippen molar-refractivity contribution in [2.75, 3.05) is 0 Å². The molecule has 1 aliphatic heterocycles. The molecule has 0 N–H and O–H groups in total. The van der Waals surface area contributed by atoms with Gasteiger partial charge in [-0.1, -0.05) is 56.3 Å². The van der Waals surface area contributed by atoms with Crippen LogP contribution in [0.3, 0.4) is 0 Å². The van der Waals surface area contributed by atoms with Crippen LogP contribution < -0.4 is 4.74 Å². The number of ketones is 1. The van der Waals surface area contributed by atoms with Crippen LogP contribution in [0.5, 0.6) is 5.75 Å². The van der Waals surface area contributed by atoms with E-state index in [1.807, 2.05) is 42.5 Å². The number of benzene rings is 3. The van der Waals surface area contributed by atoms with E-state index in [0.29, 0.717) is 12.0 Å². The normalized spacial score (nSPS) is 19.9. The fraction of sp³-hybridized carbons (Fsp3) is 0.231. The summed E-state index contributed by atoms with van der Waals surface area (Å²) < 4.78 is 6.35. The van der Waals surface area contributed by atoms with E-state index in [4.69, 9.17) is 4.74 Å². The number of hydrogen-bond acceptors (Lipinski definition) is 3. The van der Waals surface area contributed by atoms with Gasteiger partial charge >= 0.3 is 0 Å². The number of rotatable bonds is 1. The third-order valence-corrected chi connectivity index (χ3v) is 5.99. The van der Waals surface area contributed by atoms with E-state index in [1.54, 1.807) is 0 Å². The van der Waals surface area contributed by atoms with Gasteiger partial charge in [-0.15, -0.1) is 0 Å². The van der Waals surface area contributed by atoms with Gasteiger partial charge in [0.25, 0.3) is 0 Å². The van der Waals surface area contributed by atoms with E-state index in [9.17, 15) is 10.1 Å². The summed E-state index contributed by atoms with van der Waals surface area (Å²) in [5.41, 5.74) is 3.34. The Morgan fingerprint density at radius 1 is 1.00 bits per heavy atom. The molecule has 0 bridgehead atoms. The number of nitrogens with zero attached hydrogens (tertiary/aromatic N) is 1. The molecule has 0 radical (unpaired) electrons. The molecule has 0 amide bonds. The fourth-order valence-electron chi connectivity index (χ4n) is 4.71. The summed E-state index contributed by atoms with van der Waals surface area (Å²) in [6, 6.07) is 22.1. The first-order valence-corrected chi connectivity index (χ1v) is 9.93. The van der Waals surface area contributed by atoms with Crippen LogP contribution >= 0.6 is 0 Å². The number of allylic oxidation sites excluding steroid dienone is 2. The van der Waals surface area contributed by atoms with Crippen molar-refractivity contribution >= 4 is 16.6 Å². The van der Waals surface area contributed by atoms with Crippen LogP contribution in [0.25, 0.3) is 10.8 Å². The first-order chi connectivity index (χ1) is 14.0. The second kappa shape index (κ2) is 6.32. The lowest BCUT2D eigenvalue weighted by Crippen LogP contribution is -2.33. The van der Waals surface area contributed by atoms with Crippen LogP contribution in [0.2, 0.25) is 0 Å². The van der Waals surface area contributed by atoms with E-state index < -0.39 is 0 Å². The molecule has 2 aliphatic rings. The highest BCUT2D eigenvalue weighted by molar-refractivity contribution is 6.02. The van der Waals surface area contributed by atoms with E-state index in [2.05, 4.69) is 38.1 Å². The number of hydrogen-bond donors (Lipinski definition) is 0. The Bertz CT molecular complexity index is 1230. The van der Waals surface area contributed by atoms with Gasteiger partial charge < -0.3 is 4.74 Å². The van der Waals surface area contributed by atoms with Crippen molar-refractivity contribution in [1.82, 2.24) is 0 Å². The van der Waals surface area contributed by atoms with Crippen LogP contribution in [0.15, 0.2) is 72.0 Å². The molecule has 142 valence electrons. The van der Waals surface area contributed by atoms with E-state index in [1.165, 1.54) is 0 Å². The lowest BCUT2D eigenvalue weighted by Gasteiger charge is -2.38. The fourth-order valence-corrected chi connectivity index (χ4v) is 4.71. The van der Waals surface area contributed by atoms with Gasteiger partial charge in [0.15, 0.2) is 5.78 Å². The summed E-state index contributed by atoms with van der Waals surface area (Å²) in [6.45, 7) is 4.23. The lowest BCUT2D eigenvalue weighted by molar-refractivity contribution is -0.118. The van der Waals surface area contributed by atoms with Crippen molar-refractivity contribution in [3.05, 3.63) is 88.7 Å². The summed E-state index contributed by atoms with van der Waals surface area (Å²) in [7, 11) is 0. The highest BCUT2D eigenvalue weighted by atomic mass is 16.5. The summed E-state index contributed by atoms with van der Waals surface area (Å²) in [4.78, 5) is 13.3. The Morgan fingerprint density at radius 3 is 2.52 bits per heavy atom. The van der Waals surface area contributed by atoms with Crippen LogP contribution in [0.4, 0.5) is 0 Å². The molecule has 5 rings (SSSR count). The predicted octanol–water partition coefficient (Wildman–Crippen LogP) is 5.88. The molecular weight excluding hydrogens is 358 g/mol. The maximum atomic E-state index is 13.3. The molecule has 1 heterocycles. The molecular formula is C26H21NO2. The van der Waals surface area contributed by atoms with Crippen molar-refractivity contribution in [3.63, 3.8) is 0 Å². The molecule has 1 unspecified atom stereocenters. The minimum absolute atomic E-state index is 0.112. The van der Waals surface area contributed by atoms with Gasteiger partial charge in [-0.05, 0) is 39.9 Å². The zero-order chi connectivity index (χ0) is 20.2. The quantitative estimate of drug-likeness (QED) is 0.530. The summed E-state index contributed by atoms with van der Waals surface area (Å²) in [5.74, 6) is 1.59. The molecule has 0 spiro atoms. The topological polar surface area (TPSA) is 50.1 Å². The van der Waals surface area contributed by atoms with Crippen molar-refractivity contribution in [2.24, 2.45) is 5.41 Å². The third-order valence-electron chi connectivity index (χ3n) is 5.99. The number of carbonyl (C=O) groups excluding carboxylic acids is 1. The molecule has 29 heavy (non-hydrogen) atoms. The first kappa shape index (κ1) is 17.7. The van der Waals surface area contributed by atoms with Crippen molar-refractivity contribution < 1.29 is 9.53 Å². The number of fused-ring (bicyclic) bond motifs is 3. The summed E-state index contributed by atoms with van der Waals surface area (Å²) in [5, 5.41) is 11.4. The van der Waals surface area contributed by atoms with Crippen LogP contribution in [0.1, 0.15) is 49.3 Å². The molecule has 3 nitrogen and oxygen atoms in total. The zero-order valence-electron chi connectivity index (χ0n) is 16.5. The van der Waals surface area contributed by atoms with E-state index in [0.717, 1.165) is 45.4 Å². The number of ether oxygens (including phenoxy) is 1. The van der Waals surface area contributed by atoms with Gasteiger partial charge in [-0.25, -0.2) is 0 Å². The average Bonchev–Trinajstić information content (AvgIpc) is 2.71. The molecule has 0 aromatic heterocycles. The van der Waals surface area contributed by atoms with E-state index in [-0.39, 0.29) is 17.1 Å². The summed E-state index contributed by atoms with van der Waals surface area (Å²) >= 11 is 0. The molecule has 3 aromatic carbocycles. The second-order valence-electron chi connectivity index (χ2n) is 8.75. The van der Waals surface area contributed by atoms with Crippen LogP contribution in [0, 0.1) is 16.7 Å². The molecule has 3 heteroatoms. The van der Waals surface area contributed by atoms with Crippen molar-refractivity contribution in [2.45, 2.75) is 32.6 Å². The predicted molar refractivity (Wildman–Crippen MR) is 113 cm³/mol. The highest BCUT2D eigenvalue weighted by Crippen LogP contribution is 2.51. The lowest BCUT2D eigenvalue weighted by atomic mass is 9.69. The Morgan fingerprint density at radius 2 is 1.76 bits per heavy atom. The van der Waals surface area contributed by atoms with Crippen molar-refractivity contribution in [1.29, 1.82) is 5.26 Å². The van der Waals surface area contributed by atoms with Crippen molar-refractivity contribution in [3.8, 4) is 11.8 Å². The van der Waals surface area contributed by atoms with Gasteiger partial charge in [0.1, 0.15) is 11.5 Å². The Hall–Kier alpha value is -3.38. The molecule has 3 aromatic rings. The largest absolute Gasteiger partial charge is 0.461 e. The number of carbonyl (C=O) groups is 1. The Kier molecular flexibility index (Phi) is 3.86. The van der Waals surface area contributed by atoms with Gasteiger partial charge in [0, 0.05) is 29.9 Å².